The van der Waals surface area contributed by atoms with E-state index in [1.807, 2.05) is 12.1 Å². The summed E-state index contributed by atoms with van der Waals surface area (Å²) >= 11 is 1.61. The summed E-state index contributed by atoms with van der Waals surface area (Å²) in [5.74, 6) is 1.36. The predicted octanol–water partition coefficient (Wildman–Crippen LogP) is 2.15. The van der Waals surface area contributed by atoms with Crippen LogP contribution in [0.3, 0.4) is 0 Å². The molecule has 16 heavy (non-hydrogen) atoms. The summed E-state index contributed by atoms with van der Waals surface area (Å²) in [5.41, 5.74) is 0.881. The summed E-state index contributed by atoms with van der Waals surface area (Å²) < 4.78 is 10.6. The molecule has 0 saturated carbocycles. The van der Waals surface area contributed by atoms with E-state index in [-0.39, 0.29) is 6.42 Å². The van der Waals surface area contributed by atoms with Gasteiger partial charge in [-0.3, -0.25) is 4.79 Å². The van der Waals surface area contributed by atoms with E-state index < -0.39 is 5.97 Å². The number of rotatable bonds is 4. The van der Waals surface area contributed by atoms with Crippen LogP contribution in [0.5, 0.6) is 11.5 Å². The van der Waals surface area contributed by atoms with Crippen molar-refractivity contribution in [3.63, 3.8) is 0 Å². The number of methoxy groups -OCH3 is 1. The third kappa shape index (κ3) is 2.24. The van der Waals surface area contributed by atoms with E-state index in [4.69, 9.17) is 14.6 Å². The van der Waals surface area contributed by atoms with E-state index in [9.17, 15) is 4.79 Å². The minimum absolute atomic E-state index is 0.0995. The van der Waals surface area contributed by atoms with E-state index in [0.29, 0.717) is 12.4 Å². The van der Waals surface area contributed by atoms with Crippen molar-refractivity contribution in [2.45, 2.75) is 17.7 Å². The van der Waals surface area contributed by atoms with Crippen LogP contribution in [0.15, 0.2) is 17.0 Å². The molecule has 1 N–H and O–H groups in total. The first-order valence-electron chi connectivity index (χ1n) is 4.89. The molecule has 0 aliphatic carbocycles. The molecular weight excluding hydrogens is 228 g/mol. The summed E-state index contributed by atoms with van der Waals surface area (Å²) in [4.78, 5) is 11.6. The lowest BCUT2D eigenvalue weighted by atomic mass is 10.1. The van der Waals surface area contributed by atoms with Crippen LogP contribution in [-0.2, 0) is 11.2 Å². The van der Waals surface area contributed by atoms with Gasteiger partial charge in [0, 0.05) is 6.42 Å². The van der Waals surface area contributed by atoms with Gasteiger partial charge in [0.1, 0.15) is 17.4 Å². The van der Waals surface area contributed by atoms with Gasteiger partial charge >= 0.3 is 5.97 Å². The van der Waals surface area contributed by atoms with Crippen LogP contribution in [0.25, 0.3) is 0 Å². The molecule has 0 aromatic heterocycles. The summed E-state index contributed by atoms with van der Waals surface area (Å²) in [6.45, 7) is 0. The molecule has 0 bridgehead atoms. The highest BCUT2D eigenvalue weighted by atomic mass is 32.2. The van der Waals surface area contributed by atoms with Crippen molar-refractivity contribution in [3.8, 4) is 11.5 Å². The smallest absolute Gasteiger partial charge is 0.303 e. The second kappa shape index (κ2) is 4.65. The standard InChI is InChI=1S/C11H12O4S/c1-14-8-5-10-9(15-6-16-10)4-7(8)2-3-11(12)13/h4-5H,2-3,6H2,1H3,(H,12,13). The fourth-order valence-corrected chi connectivity index (χ4v) is 2.36. The molecule has 0 amide bonds. The first-order chi connectivity index (χ1) is 7.70. The van der Waals surface area contributed by atoms with E-state index in [1.54, 1.807) is 18.9 Å². The van der Waals surface area contributed by atoms with Gasteiger partial charge in [-0.25, -0.2) is 0 Å². The van der Waals surface area contributed by atoms with Crippen LogP contribution in [0.1, 0.15) is 12.0 Å². The van der Waals surface area contributed by atoms with Crippen LogP contribution in [0, 0.1) is 0 Å². The van der Waals surface area contributed by atoms with Crippen LogP contribution in [-0.4, -0.2) is 24.1 Å². The van der Waals surface area contributed by atoms with Crippen molar-refractivity contribution in [1.82, 2.24) is 0 Å². The molecule has 1 aliphatic rings. The lowest BCUT2D eigenvalue weighted by molar-refractivity contribution is -0.136. The number of aliphatic carboxylic acids is 1. The lowest BCUT2D eigenvalue weighted by Crippen LogP contribution is -2.00. The minimum atomic E-state index is -0.808. The Labute approximate surface area is 97.6 Å². The van der Waals surface area contributed by atoms with Crippen molar-refractivity contribution in [2.75, 3.05) is 13.0 Å². The first kappa shape index (κ1) is 11.1. The zero-order chi connectivity index (χ0) is 11.5. The number of hydrogen-bond donors (Lipinski definition) is 1. The lowest BCUT2D eigenvalue weighted by Gasteiger charge is -2.09. The number of carboxylic acids is 1. The van der Waals surface area contributed by atoms with Gasteiger partial charge in [0.25, 0.3) is 0 Å². The second-order valence-electron chi connectivity index (χ2n) is 3.41. The van der Waals surface area contributed by atoms with Crippen LogP contribution in [0.2, 0.25) is 0 Å². The van der Waals surface area contributed by atoms with E-state index >= 15 is 0 Å². The third-order valence-corrected chi connectivity index (χ3v) is 3.25. The number of carbonyl (C=O) groups is 1. The normalized spacial score (nSPS) is 13.1. The van der Waals surface area contributed by atoms with Gasteiger partial charge in [-0.05, 0) is 24.1 Å². The Morgan fingerprint density at radius 3 is 3.12 bits per heavy atom. The van der Waals surface area contributed by atoms with Gasteiger partial charge in [0.2, 0.25) is 0 Å². The topological polar surface area (TPSA) is 55.8 Å². The highest BCUT2D eigenvalue weighted by Crippen LogP contribution is 2.40. The Hall–Kier alpha value is -1.36. The number of ether oxygens (including phenoxy) is 2. The molecule has 2 rings (SSSR count). The average Bonchev–Trinajstić information content (AvgIpc) is 2.71. The first-order valence-corrected chi connectivity index (χ1v) is 5.87. The predicted molar refractivity (Wildman–Crippen MR) is 60.3 cm³/mol. The number of fused-ring (bicyclic) bond motifs is 1. The number of hydrogen-bond acceptors (Lipinski definition) is 4. The highest BCUT2D eigenvalue weighted by molar-refractivity contribution is 7.99. The monoisotopic (exact) mass is 240 g/mol. The van der Waals surface area contributed by atoms with E-state index in [0.717, 1.165) is 22.0 Å². The van der Waals surface area contributed by atoms with Crippen molar-refractivity contribution < 1.29 is 19.4 Å². The number of thioether (sulfide) groups is 1. The molecule has 1 heterocycles. The number of carboxylic acid groups (broad SMARTS) is 1. The maximum absolute atomic E-state index is 10.5. The van der Waals surface area contributed by atoms with Crippen molar-refractivity contribution in [2.24, 2.45) is 0 Å². The third-order valence-electron chi connectivity index (χ3n) is 2.38. The number of benzene rings is 1. The molecule has 0 atom stereocenters. The van der Waals surface area contributed by atoms with Gasteiger partial charge in [-0.1, -0.05) is 11.8 Å². The molecule has 0 radical (unpaired) electrons. The maximum Gasteiger partial charge on any atom is 0.303 e. The molecule has 5 heteroatoms. The van der Waals surface area contributed by atoms with Gasteiger partial charge in [0.05, 0.1) is 12.0 Å². The summed E-state index contributed by atoms with van der Waals surface area (Å²) in [7, 11) is 1.59. The number of aryl methyl sites for hydroxylation is 1. The molecule has 0 spiro atoms. The van der Waals surface area contributed by atoms with E-state index in [1.165, 1.54) is 0 Å². The van der Waals surface area contributed by atoms with E-state index in [2.05, 4.69) is 0 Å². The SMILES string of the molecule is COc1cc2c(cc1CCC(=O)O)OCS2. The molecule has 4 nitrogen and oxygen atoms in total. The molecular formula is C11H12O4S. The second-order valence-corrected chi connectivity index (χ2v) is 4.38. The van der Waals surface area contributed by atoms with Gasteiger partial charge in [-0.15, -0.1) is 0 Å². The molecule has 1 aliphatic heterocycles. The quantitative estimate of drug-likeness (QED) is 0.874. The zero-order valence-corrected chi connectivity index (χ0v) is 9.67. The van der Waals surface area contributed by atoms with Crippen molar-refractivity contribution >= 4 is 17.7 Å². The largest absolute Gasteiger partial charge is 0.496 e. The molecule has 1 aromatic rings. The molecule has 0 saturated heterocycles. The van der Waals surface area contributed by atoms with Gasteiger partial charge < -0.3 is 14.6 Å². The highest BCUT2D eigenvalue weighted by Gasteiger charge is 2.17. The zero-order valence-electron chi connectivity index (χ0n) is 8.86. The average molecular weight is 240 g/mol. The summed E-state index contributed by atoms with van der Waals surface area (Å²) in [5, 5.41) is 8.66. The van der Waals surface area contributed by atoms with Gasteiger partial charge in [-0.2, -0.15) is 0 Å². The molecule has 0 unspecified atom stereocenters. The van der Waals surface area contributed by atoms with Crippen molar-refractivity contribution in [1.29, 1.82) is 0 Å². The van der Waals surface area contributed by atoms with Crippen molar-refractivity contribution in [3.05, 3.63) is 17.7 Å². The molecule has 0 fully saturated rings. The summed E-state index contributed by atoms with van der Waals surface area (Å²) in [6, 6.07) is 3.78. The van der Waals surface area contributed by atoms with Gasteiger partial charge in [0.15, 0.2) is 0 Å². The Kier molecular flexibility index (Phi) is 3.24. The Morgan fingerprint density at radius 2 is 2.44 bits per heavy atom. The Bertz CT molecular complexity index is 417. The fraction of sp³-hybridized carbons (Fsp3) is 0.364. The molecule has 86 valence electrons. The van der Waals surface area contributed by atoms with Crippen LogP contribution >= 0.6 is 11.8 Å². The van der Waals surface area contributed by atoms with Crippen LogP contribution < -0.4 is 9.47 Å². The summed E-state index contributed by atoms with van der Waals surface area (Å²) in [6.07, 6.45) is 0.558. The van der Waals surface area contributed by atoms with Crippen LogP contribution in [0.4, 0.5) is 0 Å². The fourth-order valence-electron chi connectivity index (χ4n) is 1.59. The minimum Gasteiger partial charge on any atom is -0.496 e. The Balaban J connectivity index is 2.25. The molecule has 1 aromatic carbocycles. The maximum atomic E-state index is 10.5. The Morgan fingerprint density at radius 1 is 1.62 bits per heavy atom.